The van der Waals surface area contributed by atoms with Crippen molar-refractivity contribution in [1.82, 2.24) is 4.90 Å². The standard InChI is InChI=1S/C15H32N2/c1-14(2,15(3,4)16)12-17(5)11-13-9-7-6-8-10-13/h13H,6-12,16H2,1-5H3. The van der Waals surface area contributed by atoms with Gasteiger partial charge in [-0.1, -0.05) is 33.1 Å². The van der Waals surface area contributed by atoms with Crippen LogP contribution in [0.5, 0.6) is 0 Å². The van der Waals surface area contributed by atoms with Crippen molar-refractivity contribution in [2.24, 2.45) is 17.1 Å². The Morgan fingerprint density at radius 2 is 1.59 bits per heavy atom. The zero-order valence-electron chi connectivity index (χ0n) is 12.6. The summed E-state index contributed by atoms with van der Waals surface area (Å²) in [5.41, 5.74) is 6.31. The molecule has 0 aromatic rings. The number of nitrogens with zero attached hydrogens (tertiary/aromatic N) is 1. The van der Waals surface area contributed by atoms with Crippen molar-refractivity contribution in [2.45, 2.75) is 65.3 Å². The topological polar surface area (TPSA) is 29.3 Å². The first-order valence-electron chi connectivity index (χ1n) is 7.20. The second-order valence-corrected chi connectivity index (χ2v) is 7.31. The molecule has 0 heterocycles. The van der Waals surface area contributed by atoms with Gasteiger partial charge in [0.05, 0.1) is 0 Å². The van der Waals surface area contributed by atoms with Crippen LogP contribution in [0.25, 0.3) is 0 Å². The number of hydrogen-bond donors (Lipinski definition) is 1. The Bertz CT molecular complexity index is 222. The number of nitrogens with two attached hydrogens (primary N) is 1. The van der Waals surface area contributed by atoms with E-state index in [4.69, 9.17) is 5.73 Å². The monoisotopic (exact) mass is 240 g/mol. The van der Waals surface area contributed by atoms with E-state index in [0.29, 0.717) is 0 Å². The third-order valence-electron chi connectivity index (χ3n) is 4.70. The van der Waals surface area contributed by atoms with E-state index in [1.807, 2.05) is 0 Å². The van der Waals surface area contributed by atoms with Crippen LogP contribution in [-0.2, 0) is 0 Å². The lowest BCUT2D eigenvalue weighted by molar-refractivity contribution is 0.113. The summed E-state index contributed by atoms with van der Waals surface area (Å²) in [6, 6.07) is 0. The third kappa shape index (κ3) is 4.59. The van der Waals surface area contributed by atoms with Gasteiger partial charge in [-0.05, 0) is 45.1 Å². The molecule has 17 heavy (non-hydrogen) atoms. The molecular formula is C15H32N2. The first kappa shape index (κ1) is 15.0. The predicted octanol–water partition coefficient (Wildman–Crippen LogP) is 3.26. The van der Waals surface area contributed by atoms with Crippen LogP contribution in [0.1, 0.15) is 59.8 Å². The van der Waals surface area contributed by atoms with E-state index >= 15 is 0 Å². The Morgan fingerprint density at radius 1 is 1.06 bits per heavy atom. The zero-order chi connectivity index (χ0) is 13.1. The molecule has 0 aromatic heterocycles. The van der Waals surface area contributed by atoms with E-state index in [2.05, 4.69) is 39.6 Å². The molecule has 0 radical (unpaired) electrons. The van der Waals surface area contributed by atoms with Gasteiger partial charge in [0.1, 0.15) is 0 Å². The van der Waals surface area contributed by atoms with Crippen LogP contribution in [0.3, 0.4) is 0 Å². The van der Waals surface area contributed by atoms with Gasteiger partial charge in [0.15, 0.2) is 0 Å². The Kier molecular flexibility index (Phi) is 5.03. The summed E-state index contributed by atoms with van der Waals surface area (Å²) < 4.78 is 0. The minimum absolute atomic E-state index is 0.117. The molecule has 0 atom stereocenters. The molecule has 1 saturated carbocycles. The van der Waals surface area contributed by atoms with Gasteiger partial charge < -0.3 is 10.6 Å². The number of hydrogen-bond acceptors (Lipinski definition) is 2. The highest BCUT2D eigenvalue weighted by molar-refractivity contribution is 4.92. The maximum Gasteiger partial charge on any atom is 0.0161 e. The van der Waals surface area contributed by atoms with Crippen LogP contribution in [0.2, 0.25) is 0 Å². The predicted molar refractivity (Wildman–Crippen MR) is 76.1 cm³/mol. The molecule has 1 rings (SSSR count). The minimum Gasteiger partial charge on any atom is -0.325 e. The molecule has 2 nitrogen and oxygen atoms in total. The smallest absolute Gasteiger partial charge is 0.0161 e. The molecule has 0 bridgehead atoms. The first-order chi connectivity index (χ1) is 7.72. The van der Waals surface area contributed by atoms with Gasteiger partial charge in [0, 0.05) is 18.6 Å². The summed E-state index contributed by atoms with van der Waals surface area (Å²) in [6.45, 7) is 11.2. The molecule has 102 valence electrons. The quantitative estimate of drug-likeness (QED) is 0.799. The van der Waals surface area contributed by atoms with Crippen LogP contribution < -0.4 is 5.73 Å². The van der Waals surface area contributed by atoms with Crippen LogP contribution >= 0.6 is 0 Å². The molecule has 1 aliphatic carbocycles. The van der Waals surface area contributed by atoms with E-state index < -0.39 is 0 Å². The lowest BCUT2D eigenvalue weighted by Crippen LogP contribution is -2.52. The van der Waals surface area contributed by atoms with Crippen molar-refractivity contribution >= 4 is 0 Å². The molecule has 2 heteroatoms. The van der Waals surface area contributed by atoms with Gasteiger partial charge in [-0.3, -0.25) is 0 Å². The maximum absolute atomic E-state index is 6.27. The fraction of sp³-hybridized carbons (Fsp3) is 1.00. The molecule has 2 N–H and O–H groups in total. The maximum atomic E-state index is 6.27. The molecule has 1 aliphatic rings. The normalized spacial score (nSPS) is 19.9. The Labute approximate surface area is 108 Å². The largest absolute Gasteiger partial charge is 0.325 e. The highest BCUT2D eigenvalue weighted by atomic mass is 15.1. The van der Waals surface area contributed by atoms with Crippen molar-refractivity contribution in [3.63, 3.8) is 0 Å². The van der Waals surface area contributed by atoms with Gasteiger partial charge in [0.2, 0.25) is 0 Å². The summed E-state index contributed by atoms with van der Waals surface area (Å²) in [7, 11) is 2.25. The average molecular weight is 240 g/mol. The third-order valence-corrected chi connectivity index (χ3v) is 4.70. The van der Waals surface area contributed by atoms with Gasteiger partial charge in [0.25, 0.3) is 0 Å². The van der Waals surface area contributed by atoms with Crippen LogP contribution in [0.4, 0.5) is 0 Å². The Morgan fingerprint density at radius 3 is 2.06 bits per heavy atom. The van der Waals surface area contributed by atoms with Gasteiger partial charge in [-0.2, -0.15) is 0 Å². The summed E-state index contributed by atoms with van der Waals surface area (Å²) in [5.74, 6) is 0.922. The second kappa shape index (κ2) is 5.71. The molecular weight excluding hydrogens is 208 g/mol. The van der Waals surface area contributed by atoms with E-state index in [1.54, 1.807) is 0 Å². The van der Waals surface area contributed by atoms with Crippen LogP contribution in [0.15, 0.2) is 0 Å². The van der Waals surface area contributed by atoms with Crippen molar-refractivity contribution in [2.75, 3.05) is 20.1 Å². The Balaban J connectivity index is 2.40. The molecule has 1 fully saturated rings. The highest BCUT2D eigenvalue weighted by Crippen LogP contribution is 2.30. The summed E-state index contributed by atoms with van der Waals surface area (Å²) in [6.07, 6.45) is 7.17. The first-order valence-corrected chi connectivity index (χ1v) is 7.20. The molecule has 0 amide bonds. The molecule has 0 aliphatic heterocycles. The number of rotatable bonds is 5. The van der Waals surface area contributed by atoms with Crippen molar-refractivity contribution in [3.05, 3.63) is 0 Å². The molecule has 0 saturated heterocycles. The molecule has 0 spiro atoms. The Hall–Kier alpha value is -0.0800. The molecule has 0 unspecified atom stereocenters. The van der Waals surface area contributed by atoms with Gasteiger partial charge >= 0.3 is 0 Å². The van der Waals surface area contributed by atoms with Crippen molar-refractivity contribution in [3.8, 4) is 0 Å². The van der Waals surface area contributed by atoms with Gasteiger partial charge in [-0.25, -0.2) is 0 Å². The molecule has 0 aromatic carbocycles. The lowest BCUT2D eigenvalue weighted by Gasteiger charge is -2.42. The fourth-order valence-corrected chi connectivity index (χ4v) is 2.75. The lowest BCUT2D eigenvalue weighted by atomic mass is 9.74. The van der Waals surface area contributed by atoms with Crippen LogP contribution in [0, 0.1) is 11.3 Å². The SMILES string of the molecule is CN(CC1CCCCC1)CC(C)(C)C(C)(C)N. The van der Waals surface area contributed by atoms with Gasteiger partial charge in [-0.15, -0.1) is 0 Å². The van der Waals surface area contributed by atoms with E-state index in [9.17, 15) is 0 Å². The van der Waals surface area contributed by atoms with Crippen LogP contribution in [-0.4, -0.2) is 30.6 Å². The minimum atomic E-state index is -0.117. The highest BCUT2D eigenvalue weighted by Gasteiger charge is 2.34. The zero-order valence-corrected chi connectivity index (χ0v) is 12.6. The average Bonchev–Trinajstić information content (AvgIpc) is 2.16. The van der Waals surface area contributed by atoms with E-state index in [0.717, 1.165) is 12.5 Å². The summed E-state index contributed by atoms with van der Waals surface area (Å²) in [4.78, 5) is 2.49. The summed E-state index contributed by atoms with van der Waals surface area (Å²) >= 11 is 0. The van der Waals surface area contributed by atoms with E-state index in [1.165, 1.54) is 38.6 Å². The van der Waals surface area contributed by atoms with Crippen molar-refractivity contribution in [1.29, 1.82) is 0 Å². The van der Waals surface area contributed by atoms with Crippen molar-refractivity contribution < 1.29 is 0 Å². The second-order valence-electron chi connectivity index (χ2n) is 7.31. The fourth-order valence-electron chi connectivity index (χ4n) is 2.75. The van der Waals surface area contributed by atoms with E-state index in [-0.39, 0.29) is 11.0 Å². The summed E-state index contributed by atoms with van der Waals surface area (Å²) in [5, 5.41) is 0.